The van der Waals surface area contributed by atoms with Gasteiger partial charge in [-0.25, -0.2) is 9.78 Å². The molecule has 0 aliphatic carbocycles. The van der Waals surface area contributed by atoms with Crippen molar-refractivity contribution in [3.63, 3.8) is 0 Å². The van der Waals surface area contributed by atoms with E-state index in [9.17, 15) is 4.79 Å². The highest BCUT2D eigenvalue weighted by Gasteiger charge is 2.10. The lowest BCUT2D eigenvalue weighted by atomic mass is 10.2. The molecule has 0 bridgehead atoms. The molecule has 84 valence electrons. The molecular weight excluding hydrogens is 206 g/mol. The quantitative estimate of drug-likeness (QED) is 0.744. The van der Waals surface area contributed by atoms with Crippen LogP contribution in [0.5, 0.6) is 0 Å². The molecule has 0 saturated carbocycles. The van der Waals surface area contributed by atoms with Gasteiger partial charge in [0.05, 0.1) is 7.11 Å². The fourth-order valence-corrected chi connectivity index (χ4v) is 1.56. The highest BCUT2D eigenvalue weighted by atomic mass is 16.5. The van der Waals surface area contributed by atoms with Crippen LogP contribution in [0.2, 0.25) is 0 Å². The molecule has 4 nitrogen and oxygen atoms in total. The molecular formula is C12H13NO3. The third-order valence-corrected chi connectivity index (χ3v) is 2.32. The Kier molecular flexibility index (Phi) is 2.90. The topological polar surface area (TPSA) is 52.3 Å². The van der Waals surface area contributed by atoms with Crippen molar-refractivity contribution in [1.29, 1.82) is 0 Å². The minimum absolute atomic E-state index is 0.304. The van der Waals surface area contributed by atoms with Gasteiger partial charge in [0.15, 0.2) is 5.58 Å². The summed E-state index contributed by atoms with van der Waals surface area (Å²) in [5.74, 6) is 0.465. The lowest BCUT2D eigenvalue weighted by molar-refractivity contribution is 0.0594. The normalized spacial score (nSPS) is 10.6. The zero-order chi connectivity index (χ0) is 11.5. The van der Waals surface area contributed by atoms with Gasteiger partial charge in [-0.3, -0.25) is 0 Å². The second-order valence-corrected chi connectivity index (χ2v) is 3.53. The molecule has 0 unspecified atom stereocenters. The first-order valence-corrected chi connectivity index (χ1v) is 5.22. The van der Waals surface area contributed by atoms with Crippen molar-refractivity contribution in [2.24, 2.45) is 0 Å². The fraction of sp³-hybridized carbons (Fsp3) is 0.333. The molecule has 4 heteroatoms. The van der Waals surface area contributed by atoms with Gasteiger partial charge in [-0.05, 0) is 18.6 Å². The molecule has 0 saturated heterocycles. The van der Waals surface area contributed by atoms with Gasteiger partial charge < -0.3 is 9.15 Å². The molecule has 0 aliphatic heterocycles. The first-order chi connectivity index (χ1) is 7.74. The Morgan fingerprint density at radius 3 is 3.00 bits per heavy atom. The van der Waals surface area contributed by atoms with Crippen LogP contribution < -0.4 is 0 Å². The number of rotatable bonds is 3. The van der Waals surface area contributed by atoms with E-state index in [1.54, 1.807) is 12.1 Å². The number of carbonyl (C=O) groups excluding carboxylic acids is 1. The van der Waals surface area contributed by atoms with Gasteiger partial charge in [0, 0.05) is 12.5 Å². The second-order valence-electron chi connectivity index (χ2n) is 3.53. The molecule has 0 amide bonds. The van der Waals surface area contributed by atoms with E-state index >= 15 is 0 Å². The second kappa shape index (κ2) is 4.35. The molecule has 0 atom stereocenters. The van der Waals surface area contributed by atoms with Crippen LogP contribution in [-0.2, 0) is 11.2 Å². The largest absolute Gasteiger partial charge is 0.464 e. The summed E-state index contributed by atoms with van der Waals surface area (Å²) in [5.41, 5.74) is 1.71. The van der Waals surface area contributed by atoms with Crippen LogP contribution in [0.1, 0.15) is 29.6 Å². The number of esters is 1. The number of aryl methyl sites for hydroxylation is 1. The number of carbonyl (C=O) groups is 1. The summed E-state index contributed by atoms with van der Waals surface area (Å²) in [7, 11) is 1.34. The van der Waals surface area contributed by atoms with Crippen molar-refractivity contribution in [2.45, 2.75) is 19.8 Å². The molecule has 2 heterocycles. The number of furan rings is 1. The summed E-state index contributed by atoms with van der Waals surface area (Å²) < 4.78 is 10.2. The van der Waals surface area contributed by atoms with Gasteiger partial charge in [-0.2, -0.15) is 0 Å². The zero-order valence-corrected chi connectivity index (χ0v) is 9.32. The minimum atomic E-state index is -0.430. The molecule has 0 aliphatic rings. The molecule has 0 radical (unpaired) electrons. The van der Waals surface area contributed by atoms with E-state index < -0.39 is 5.97 Å². The van der Waals surface area contributed by atoms with Gasteiger partial charge in [0.2, 0.25) is 0 Å². The molecule has 2 aromatic heterocycles. The molecule has 0 N–H and O–H groups in total. The van der Waals surface area contributed by atoms with E-state index in [-0.39, 0.29) is 0 Å². The summed E-state index contributed by atoms with van der Waals surface area (Å²) in [5, 5.41) is 0. The van der Waals surface area contributed by atoms with E-state index in [1.165, 1.54) is 7.11 Å². The van der Waals surface area contributed by atoms with E-state index in [4.69, 9.17) is 4.42 Å². The van der Waals surface area contributed by atoms with Crippen molar-refractivity contribution in [2.75, 3.05) is 7.11 Å². The van der Waals surface area contributed by atoms with Gasteiger partial charge in [0.1, 0.15) is 17.0 Å². The number of methoxy groups -OCH3 is 1. The number of hydrogen-bond acceptors (Lipinski definition) is 4. The Morgan fingerprint density at radius 2 is 2.31 bits per heavy atom. The number of fused-ring (bicyclic) bond motifs is 1. The van der Waals surface area contributed by atoms with Crippen LogP contribution in [0.15, 0.2) is 22.6 Å². The number of nitrogens with zero attached hydrogens (tertiary/aromatic N) is 1. The summed E-state index contributed by atoms with van der Waals surface area (Å²) in [6, 6.07) is 5.21. The van der Waals surface area contributed by atoms with Gasteiger partial charge in [0.25, 0.3) is 0 Å². The van der Waals surface area contributed by atoms with Gasteiger partial charge in [-0.15, -0.1) is 0 Å². The van der Waals surface area contributed by atoms with E-state index in [1.807, 2.05) is 6.07 Å². The maximum absolute atomic E-state index is 11.3. The summed E-state index contributed by atoms with van der Waals surface area (Å²) in [6.45, 7) is 2.08. The monoisotopic (exact) mass is 219 g/mol. The lowest BCUT2D eigenvalue weighted by Gasteiger charge is -1.96. The number of ether oxygens (including phenoxy) is 1. The number of pyridine rings is 1. The SMILES string of the molecule is CCCc1cc2nc(C(=O)OC)ccc2o1. The van der Waals surface area contributed by atoms with Crippen LogP contribution in [-0.4, -0.2) is 18.1 Å². The highest BCUT2D eigenvalue weighted by Crippen LogP contribution is 2.19. The average Bonchev–Trinajstić information content (AvgIpc) is 2.69. The molecule has 0 spiro atoms. The van der Waals surface area contributed by atoms with Crippen molar-refractivity contribution in [3.05, 3.63) is 29.7 Å². The van der Waals surface area contributed by atoms with Crippen LogP contribution in [0.25, 0.3) is 11.1 Å². The fourth-order valence-electron chi connectivity index (χ4n) is 1.56. The van der Waals surface area contributed by atoms with Crippen LogP contribution in [0.3, 0.4) is 0 Å². The van der Waals surface area contributed by atoms with Crippen LogP contribution in [0.4, 0.5) is 0 Å². The first kappa shape index (κ1) is 10.7. The minimum Gasteiger partial charge on any atom is -0.464 e. The van der Waals surface area contributed by atoms with Gasteiger partial charge in [-0.1, -0.05) is 6.92 Å². The Balaban J connectivity index is 2.41. The Morgan fingerprint density at radius 1 is 1.50 bits per heavy atom. The maximum Gasteiger partial charge on any atom is 0.356 e. The maximum atomic E-state index is 11.3. The molecule has 2 rings (SSSR count). The highest BCUT2D eigenvalue weighted by molar-refractivity contribution is 5.89. The van der Waals surface area contributed by atoms with Gasteiger partial charge >= 0.3 is 5.97 Å². The summed E-state index contributed by atoms with van der Waals surface area (Å²) in [6.07, 6.45) is 1.90. The standard InChI is InChI=1S/C12H13NO3/c1-3-4-8-7-10-11(16-8)6-5-9(13-10)12(14)15-2/h5-7H,3-4H2,1-2H3. The van der Waals surface area contributed by atoms with Crippen LogP contribution >= 0.6 is 0 Å². The number of aromatic nitrogens is 1. The van der Waals surface area contributed by atoms with Crippen molar-refractivity contribution >= 4 is 17.1 Å². The lowest BCUT2D eigenvalue weighted by Crippen LogP contribution is -2.03. The van der Waals surface area contributed by atoms with E-state index in [0.717, 1.165) is 18.6 Å². The van der Waals surface area contributed by atoms with Crippen molar-refractivity contribution in [1.82, 2.24) is 4.98 Å². The molecule has 2 aromatic rings. The van der Waals surface area contributed by atoms with E-state index in [2.05, 4.69) is 16.6 Å². The average molecular weight is 219 g/mol. The summed E-state index contributed by atoms with van der Waals surface area (Å²) in [4.78, 5) is 15.5. The predicted octanol–water partition coefficient (Wildman–Crippen LogP) is 2.57. The summed E-state index contributed by atoms with van der Waals surface area (Å²) >= 11 is 0. The Hall–Kier alpha value is -1.84. The zero-order valence-electron chi connectivity index (χ0n) is 9.32. The third-order valence-electron chi connectivity index (χ3n) is 2.32. The Labute approximate surface area is 93.2 Å². The third kappa shape index (κ3) is 1.91. The molecule has 0 aromatic carbocycles. The number of hydrogen-bond donors (Lipinski definition) is 0. The van der Waals surface area contributed by atoms with Crippen molar-refractivity contribution in [3.8, 4) is 0 Å². The van der Waals surface area contributed by atoms with E-state index in [0.29, 0.717) is 16.8 Å². The van der Waals surface area contributed by atoms with Crippen LogP contribution in [0, 0.1) is 0 Å². The first-order valence-electron chi connectivity index (χ1n) is 5.22. The Bertz CT molecular complexity index is 516. The molecule has 0 fully saturated rings. The smallest absolute Gasteiger partial charge is 0.356 e. The van der Waals surface area contributed by atoms with Crippen molar-refractivity contribution < 1.29 is 13.9 Å². The predicted molar refractivity (Wildman–Crippen MR) is 59.3 cm³/mol. The molecule has 16 heavy (non-hydrogen) atoms.